The van der Waals surface area contributed by atoms with Crippen LogP contribution in [0.5, 0.6) is 5.75 Å². The zero-order valence-electron chi connectivity index (χ0n) is 27.1. The predicted molar refractivity (Wildman–Crippen MR) is 177 cm³/mol. The highest BCUT2D eigenvalue weighted by atomic mass is 19.4. The SMILES string of the molecule is C/C=C\c1cc(CN(/N=C(\C)Cc2cc(C(F)(F)F)ccc2OC)C(C)c2ccc(C(=O)NCCC(=O)O)cc2)ccc1/C=C/OC. The van der Waals surface area contributed by atoms with Crippen molar-refractivity contribution in [1.82, 2.24) is 10.3 Å². The van der Waals surface area contributed by atoms with E-state index < -0.39 is 17.7 Å². The molecule has 0 heterocycles. The maximum atomic E-state index is 13.5. The second-order valence-corrected chi connectivity index (χ2v) is 10.8. The van der Waals surface area contributed by atoms with Gasteiger partial charge in [-0.05, 0) is 85.5 Å². The molecule has 0 aromatic heterocycles. The molecular weight excluding hydrogens is 611 g/mol. The summed E-state index contributed by atoms with van der Waals surface area (Å²) < 4.78 is 50.9. The lowest BCUT2D eigenvalue weighted by molar-refractivity contribution is -0.138. The molecule has 47 heavy (non-hydrogen) atoms. The monoisotopic (exact) mass is 651 g/mol. The summed E-state index contributed by atoms with van der Waals surface area (Å²) >= 11 is 0. The topological polar surface area (TPSA) is 100 Å². The van der Waals surface area contributed by atoms with E-state index in [1.165, 1.54) is 13.2 Å². The first-order valence-corrected chi connectivity index (χ1v) is 15.0. The van der Waals surface area contributed by atoms with Crippen molar-refractivity contribution in [3.8, 4) is 5.75 Å². The van der Waals surface area contributed by atoms with Gasteiger partial charge in [0.1, 0.15) is 5.75 Å². The van der Waals surface area contributed by atoms with Crippen LogP contribution in [0.4, 0.5) is 13.2 Å². The summed E-state index contributed by atoms with van der Waals surface area (Å²) in [6.45, 7) is 6.02. The molecule has 0 saturated carbocycles. The molecule has 0 radical (unpaired) electrons. The molecule has 1 atom stereocenters. The lowest BCUT2D eigenvalue weighted by Gasteiger charge is -2.28. The number of hydrogen-bond acceptors (Lipinski definition) is 6. The summed E-state index contributed by atoms with van der Waals surface area (Å²) in [5, 5.41) is 18.2. The molecule has 250 valence electrons. The minimum atomic E-state index is -4.50. The summed E-state index contributed by atoms with van der Waals surface area (Å²) in [5.74, 6) is -1.05. The predicted octanol–water partition coefficient (Wildman–Crippen LogP) is 7.75. The summed E-state index contributed by atoms with van der Waals surface area (Å²) in [7, 11) is 2.99. The van der Waals surface area contributed by atoms with Gasteiger partial charge in [0.15, 0.2) is 0 Å². The smallest absolute Gasteiger partial charge is 0.416 e. The largest absolute Gasteiger partial charge is 0.504 e. The second-order valence-electron chi connectivity index (χ2n) is 10.8. The van der Waals surface area contributed by atoms with Crippen LogP contribution < -0.4 is 10.1 Å². The Labute approximate surface area is 273 Å². The van der Waals surface area contributed by atoms with E-state index in [9.17, 15) is 22.8 Å². The number of carboxylic acid groups (broad SMARTS) is 1. The minimum Gasteiger partial charge on any atom is -0.504 e. The Morgan fingerprint density at radius 1 is 1.02 bits per heavy atom. The summed E-state index contributed by atoms with van der Waals surface area (Å²) in [6.07, 6.45) is 2.83. The number of benzene rings is 3. The Hall–Kier alpha value is -5.06. The van der Waals surface area contributed by atoms with E-state index in [2.05, 4.69) is 5.32 Å². The highest BCUT2D eigenvalue weighted by molar-refractivity contribution is 5.94. The van der Waals surface area contributed by atoms with Crippen molar-refractivity contribution < 1.29 is 37.3 Å². The van der Waals surface area contributed by atoms with Crippen molar-refractivity contribution in [1.29, 1.82) is 0 Å². The van der Waals surface area contributed by atoms with Crippen LogP contribution in [0, 0.1) is 0 Å². The zero-order valence-corrected chi connectivity index (χ0v) is 27.1. The van der Waals surface area contributed by atoms with Crippen molar-refractivity contribution in [3.63, 3.8) is 0 Å². The number of carbonyl (C=O) groups excluding carboxylic acids is 1. The first-order valence-electron chi connectivity index (χ1n) is 15.0. The van der Waals surface area contributed by atoms with E-state index in [0.717, 1.165) is 34.4 Å². The number of methoxy groups -OCH3 is 2. The van der Waals surface area contributed by atoms with Gasteiger partial charge in [0, 0.05) is 29.8 Å². The van der Waals surface area contributed by atoms with E-state index in [0.29, 0.717) is 29.1 Å². The van der Waals surface area contributed by atoms with Crippen LogP contribution >= 0.6 is 0 Å². The average Bonchev–Trinajstić information content (AvgIpc) is 3.03. The van der Waals surface area contributed by atoms with Gasteiger partial charge in [-0.25, -0.2) is 0 Å². The molecule has 0 aliphatic heterocycles. The summed E-state index contributed by atoms with van der Waals surface area (Å²) in [6, 6.07) is 16.0. The molecule has 1 unspecified atom stereocenters. The maximum Gasteiger partial charge on any atom is 0.416 e. The second kappa shape index (κ2) is 17.0. The van der Waals surface area contributed by atoms with E-state index in [-0.39, 0.29) is 31.3 Å². The van der Waals surface area contributed by atoms with Crippen LogP contribution in [0.3, 0.4) is 0 Å². The number of nitrogens with zero attached hydrogens (tertiary/aromatic N) is 2. The number of alkyl halides is 3. The van der Waals surface area contributed by atoms with Gasteiger partial charge in [0.25, 0.3) is 5.91 Å². The zero-order chi connectivity index (χ0) is 34.6. The number of allylic oxidation sites excluding steroid dienone is 1. The Bertz CT molecular complexity index is 1620. The molecule has 11 heteroatoms. The van der Waals surface area contributed by atoms with E-state index in [1.54, 1.807) is 44.6 Å². The van der Waals surface area contributed by atoms with E-state index >= 15 is 0 Å². The fraction of sp³-hybridized carbons (Fsp3) is 0.306. The number of rotatable bonds is 15. The lowest BCUT2D eigenvalue weighted by Crippen LogP contribution is -2.26. The Morgan fingerprint density at radius 2 is 1.74 bits per heavy atom. The molecule has 0 aliphatic carbocycles. The third kappa shape index (κ3) is 10.8. The molecule has 0 aliphatic rings. The standard InChI is InChI=1S/C36H40F3N3O5/c1-6-7-30-21-26(8-9-28(30)17-19-46-4)23-42(25(3)27-10-12-29(13-11-27)35(45)40-18-16-34(43)44)41-24(2)20-31-22-32(36(37,38)39)14-15-33(31)47-5/h6-15,17,19,21-22,25H,16,18,20,23H2,1-5H3,(H,40,45)(H,43,44)/b7-6-,19-17+,41-24+. The number of hydrogen-bond donors (Lipinski definition) is 2. The Kier molecular flexibility index (Phi) is 13.2. The van der Waals surface area contributed by atoms with Gasteiger partial charge in [0.2, 0.25) is 0 Å². The molecule has 0 bridgehead atoms. The van der Waals surface area contributed by atoms with Gasteiger partial charge < -0.3 is 19.9 Å². The van der Waals surface area contributed by atoms with Crippen molar-refractivity contribution in [2.75, 3.05) is 20.8 Å². The third-order valence-corrected chi connectivity index (χ3v) is 7.31. The molecule has 2 N–H and O–H groups in total. The number of carbonyl (C=O) groups is 2. The van der Waals surface area contributed by atoms with Crippen molar-refractivity contribution in [2.24, 2.45) is 5.10 Å². The summed E-state index contributed by atoms with van der Waals surface area (Å²) in [5.41, 5.74) is 4.26. The quantitative estimate of drug-likeness (QED) is 0.0991. The number of halogens is 3. The number of amides is 1. The highest BCUT2D eigenvalue weighted by Crippen LogP contribution is 2.33. The van der Waals surface area contributed by atoms with Crippen molar-refractivity contribution in [3.05, 3.63) is 112 Å². The summed E-state index contributed by atoms with van der Waals surface area (Å²) in [4.78, 5) is 23.3. The molecule has 3 rings (SSSR count). The molecular formula is C36H40F3N3O5. The first-order chi connectivity index (χ1) is 22.4. The van der Waals surface area contributed by atoms with Gasteiger partial charge in [-0.15, -0.1) is 0 Å². The fourth-order valence-electron chi connectivity index (χ4n) is 4.88. The molecule has 1 amide bonds. The molecule has 0 fully saturated rings. The minimum absolute atomic E-state index is 0.0139. The first kappa shape index (κ1) is 36.4. The number of ether oxygens (including phenoxy) is 2. The molecule has 0 saturated heterocycles. The van der Waals surface area contributed by atoms with Gasteiger partial charge in [-0.1, -0.05) is 36.4 Å². The fourth-order valence-corrected chi connectivity index (χ4v) is 4.88. The molecule has 3 aromatic carbocycles. The third-order valence-electron chi connectivity index (χ3n) is 7.31. The number of nitrogens with one attached hydrogen (secondary N) is 1. The maximum absolute atomic E-state index is 13.5. The van der Waals surface area contributed by atoms with Crippen molar-refractivity contribution >= 4 is 29.7 Å². The van der Waals surface area contributed by atoms with Gasteiger partial charge >= 0.3 is 12.1 Å². The van der Waals surface area contributed by atoms with Crippen LogP contribution in [0.1, 0.15) is 77.0 Å². The molecule has 0 spiro atoms. The lowest BCUT2D eigenvalue weighted by atomic mass is 10.0. The van der Waals surface area contributed by atoms with Gasteiger partial charge in [0.05, 0.1) is 45.1 Å². The van der Waals surface area contributed by atoms with Crippen LogP contribution in [-0.2, 0) is 28.7 Å². The average molecular weight is 652 g/mol. The number of hydrazone groups is 1. The van der Waals surface area contributed by atoms with E-state index in [4.69, 9.17) is 19.7 Å². The van der Waals surface area contributed by atoms with Gasteiger partial charge in [-0.3, -0.25) is 14.6 Å². The van der Waals surface area contributed by atoms with E-state index in [1.807, 2.05) is 55.3 Å². The van der Waals surface area contributed by atoms with Crippen LogP contribution in [0.2, 0.25) is 0 Å². The molecule has 8 nitrogen and oxygen atoms in total. The van der Waals surface area contributed by atoms with Gasteiger partial charge in [-0.2, -0.15) is 18.3 Å². The van der Waals surface area contributed by atoms with Crippen LogP contribution in [0.15, 0.2) is 78.1 Å². The number of aliphatic carboxylic acids is 1. The molecule has 3 aromatic rings. The van der Waals surface area contributed by atoms with Crippen molar-refractivity contribution in [2.45, 2.75) is 52.4 Å². The highest BCUT2D eigenvalue weighted by Gasteiger charge is 2.31. The Balaban J connectivity index is 1.98. The van der Waals surface area contributed by atoms with Crippen LogP contribution in [-0.4, -0.2) is 48.5 Å². The number of carboxylic acids is 1. The Morgan fingerprint density at radius 3 is 2.36 bits per heavy atom. The van der Waals surface area contributed by atoms with Crippen LogP contribution in [0.25, 0.3) is 12.2 Å². The normalized spacial score (nSPS) is 12.7.